The van der Waals surface area contributed by atoms with E-state index in [4.69, 9.17) is 0 Å². The fourth-order valence-electron chi connectivity index (χ4n) is 2.86. The molecule has 0 radical (unpaired) electrons. The zero-order valence-electron chi connectivity index (χ0n) is 10.2. The van der Waals surface area contributed by atoms with Gasteiger partial charge in [-0.25, -0.2) is 0 Å². The van der Waals surface area contributed by atoms with Crippen LogP contribution in [0.4, 0.5) is 5.69 Å². The van der Waals surface area contributed by atoms with Gasteiger partial charge < -0.3 is 10.2 Å². The van der Waals surface area contributed by atoms with E-state index in [0.717, 1.165) is 25.7 Å². The molecule has 0 bridgehead atoms. The van der Waals surface area contributed by atoms with Gasteiger partial charge in [-0.3, -0.25) is 0 Å². The monoisotopic (exact) mass is 248 g/mol. The van der Waals surface area contributed by atoms with Crippen molar-refractivity contribution >= 4 is 17.4 Å². The number of hydrogen-bond acceptors (Lipinski definition) is 3. The second-order valence-electron chi connectivity index (χ2n) is 4.84. The lowest BCUT2D eigenvalue weighted by atomic mass is 10.1. The van der Waals surface area contributed by atoms with Crippen molar-refractivity contribution in [3.8, 4) is 0 Å². The molecule has 2 aliphatic heterocycles. The smallest absolute Gasteiger partial charge is 0.0414 e. The van der Waals surface area contributed by atoms with Crippen LogP contribution in [0, 0.1) is 0 Å². The summed E-state index contributed by atoms with van der Waals surface area (Å²) in [6, 6.07) is 9.65. The van der Waals surface area contributed by atoms with Crippen LogP contribution >= 0.6 is 11.8 Å². The van der Waals surface area contributed by atoms with Gasteiger partial charge in [-0.15, -0.1) is 0 Å². The molecule has 3 heteroatoms. The number of fused-ring (bicyclic) bond motifs is 1. The Morgan fingerprint density at radius 3 is 2.88 bits per heavy atom. The topological polar surface area (TPSA) is 15.3 Å². The van der Waals surface area contributed by atoms with Crippen LogP contribution in [0.3, 0.4) is 0 Å². The van der Waals surface area contributed by atoms with Gasteiger partial charge in [-0.2, -0.15) is 11.8 Å². The van der Waals surface area contributed by atoms with Gasteiger partial charge in [0.15, 0.2) is 0 Å². The van der Waals surface area contributed by atoms with Gasteiger partial charge in [0.2, 0.25) is 0 Å². The van der Waals surface area contributed by atoms with Gasteiger partial charge in [0.05, 0.1) is 0 Å². The van der Waals surface area contributed by atoms with Crippen LogP contribution in [0.5, 0.6) is 0 Å². The van der Waals surface area contributed by atoms with Crippen molar-refractivity contribution in [1.82, 2.24) is 5.32 Å². The second-order valence-corrected chi connectivity index (χ2v) is 6.07. The molecule has 1 saturated heterocycles. The Morgan fingerprint density at radius 1 is 1.18 bits per heavy atom. The number of benzene rings is 1. The van der Waals surface area contributed by atoms with Gasteiger partial charge in [0.25, 0.3) is 0 Å². The predicted molar refractivity (Wildman–Crippen MR) is 75.8 cm³/mol. The van der Waals surface area contributed by atoms with E-state index in [2.05, 4.69) is 46.2 Å². The van der Waals surface area contributed by atoms with E-state index in [1.165, 1.54) is 35.6 Å². The van der Waals surface area contributed by atoms with Gasteiger partial charge in [-0.05, 0) is 36.0 Å². The Kier molecular flexibility index (Phi) is 3.57. The highest BCUT2D eigenvalue weighted by atomic mass is 32.2. The summed E-state index contributed by atoms with van der Waals surface area (Å²) < 4.78 is 0. The third-order valence-electron chi connectivity index (χ3n) is 3.78. The van der Waals surface area contributed by atoms with E-state index in [9.17, 15) is 0 Å². The number of rotatable bonds is 1. The standard InChI is InChI=1S/C14H20N2S/c1-2-4-14-12(3-1)11-15-7-8-16(14)13-5-9-17-10-6-13/h1-4,13,15H,5-11H2. The summed E-state index contributed by atoms with van der Waals surface area (Å²) in [6.45, 7) is 3.29. The lowest BCUT2D eigenvalue weighted by Crippen LogP contribution is -2.40. The predicted octanol–water partition coefficient (Wildman–Crippen LogP) is 2.49. The molecule has 0 atom stereocenters. The van der Waals surface area contributed by atoms with Crippen LogP contribution in [0.2, 0.25) is 0 Å². The molecule has 0 unspecified atom stereocenters. The maximum absolute atomic E-state index is 3.53. The van der Waals surface area contributed by atoms with Crippen molar-refractivity contribution in [3.63, 3.8) is 0 Å². The first-order valence-corrected chi connectivity index (χ1v) is 7.73. The summed E-state index contributed by atoms with van der Waals surface area (Å²) in [5, 5.41) is 3.53. The third-order valence-corrected chi connectivity index (χ3v) is 4.83. The zero-order valence-corrected chi connectivity index (χ0v) is 11.0. The van der Waals surface area contributed by atoms with E-state index in [0.29, 0.717) is 0 Å². The number of para-hydroxylation sites is 1. The molecule has 0 saturated carbocycles. The minimum Gasteiger partial charge on any atom is -0.367 e. The molecule has 3 rings (SSSR count). The minimum absolute atomic E-state index is 0.761. The first kappa shape index (κ1) is 11.4. The molecule has 0 spiro atoms. The molecule has 92 valence electrons. The van der Waals surface area contributed by atoms with Gasteiger partial charge in [0.1, 0.15) is 0 Å². The summed E-state index contributed by atoms with van der Waals surface area (Å²) >= 11 is 2.11. The summed E-state index contributed by atoms with van der Waals surface area (Å²) in [4.78, 5) is 2.65. The molecule has 1 aromatic carbocycles. The van der Waals surface area contributed by atoms with E-state index in [1.807, 2.05) is 0 Å². The first-order valence-electron chi connectivity index (χ1n) is 6.58. The van der Waals surface area contributed by atoms with Crippen LogP contribution in [0.1, 0.15) is 18.4 Å². The van der Waals surface area contributed by atoms with Gasteiger partial charge >= 0.3 is 0 Å². The highest BCUT2D eigenvalue weighted by Crippen LogP contribution is 2.29. The van der Waals surface area contributed by atoms with Crippen molar-refractivity contribution in [2.24, 2.45) is 0 Å². The number of hydrogen-bond donors (Lipinski definition) is 1. The number of nitrogens with zero attached hydrogens (tertiary/aromatic N) is 1. The van der Waals surface area contributed by atoms with Crippen molar-refractivity contribution in [3.05, 3.63) is 29.8 Å². The molecule has 1 fully saturated rings. The largest absolute Gasteiger partial charge is 0.367 e. The highest BCUT2D eigenvalue weighted by molar-refractivity contribution is 7.99. The third kappa shape index (κ3) is 2.45. The van der Waals surface area contributed by atoms with Crippen LogP contribution in [0.25, 0.3) is 0 Å². The molecule has 1 aromatic rings. The number of thioether (sulfide) groups is 1. The lowest BCUT2D eigenvalue weighted by Gasteiger charge is -2.36. The Bertz CT molecular complexity index is 374. The fraction of sp³-hybridized carbons (Fsp3) is 0.571. The maximum Gasteiger partial charge on any atom is 0.0414 e. The SMILES string of the molecule is c1ccc2c(c1)CNCCN2C1CCSCC1. The molecule has 2 aliphatic rings. The molecule has 17 heavy (non-hydrogen) atoms. The van der Waals surface area contributed by atoms with Crippen molar-refractivity contribution in [2.75, 3.05) is 29.5 Å². The summed E-state index contributed by atoms with van der Waals surface area (Å²) in [5.41, 5.74) is 2.93. The number of nitrogens with one attached hydrogen (secondary N) is 1. The summed E-state index contributed by atoms with van der Waals surface area (Å²) in [5.74, 6) is 2.66. The summed E-state index contributed by atoms with van der Waals surface area (Å²) in [7, 11) is 0. The molecule has 0 aromatic heterocycles. The van der Waals surface area contributed by atoms with E-state index in [-0.39, 0.29) is 0 Å². The molecule has 0 amide bonds. The average molecular weight is 248 g/mol. The van der Waals surface area contributed by atoms with Crippen molar-refractivity contribution < 1.29 is 0 Å². The molecular formula is C14H20N2S. The summed E-state index contributed by atoms with van der Waals surface area (Å²) in [6.07, 6.45) is 2.69. The molecule has 1 N–H and O–H groups in total. The zero-order chi connectivity index (χ0) is 11.5. The van der Waals surface area contributed by atoms with Crippen LogP contribution in [0.15, 0.2) is 24.3 Å². The first-order chi connectivity index (χ1) is 8.45. The van der Waals surface area contributed by atoms with Gasteiger partial charge in [-0.1, -0.05) is 18.2 Å². The van der Waals surface area contributed by atoms with E-state index in [1.54, 1.807) is 0 Å². The lowest BCUT2D eigenvalue weighted by molar-refractivity contribution is 0.549. The fourth-order valence-corrected chi connectivity index (χ4v) is 3.94. The quantitative estimate of drug-likeness (QED) is 0.822. The second kappa shape index (κ2) is 5.32. The van der Waals surface area contributed by atoms with Crippen LogP contribution in [-0.2, 0) is 6.54 Å². The molecule has 0 aliphatic carbocycles. The Morgan fingerprint density at radius 2 is 2.00 bits per heavy atom. The highest BCUT2D eigenvalue weighted by Gasteiger charge is 2.24. The average Bonchev–Trinajstić information content (AvgIpc) is 2.62. The maximum atomic E-state index is 3.53. The van der Waals surface area contributed by atoms with Crippen LogP contribution < -0.4 is 10.2 Å². The normalized spacial score (nSPS) is 22.0. The minimum atomic E-state index is 0.761. The molecule has 2 nitrogen and oxygen atoms in total. The van der Waals surface area contributed by atoms with E-state index < -0.39 is 0 Å². The van der Waals surface area contributed by atoms with Crippen LogP contribution in [-0.4, -0.2) is 30.6 Å². The Balaban J connectivity index is 1.88. The van der Waals surface area contributed by atoms with Crippen molar-refractivity contribution in [2.45, 2.75) is 25.4 Å². The van der Waals surface area contributed by atoms with Crippen molar-refractivity contribution in [1.29, 1.82) is 0 Å². The molecular weight excluding hydrogens is 228 g/mol. The van der Waals surface area contributed by atoms with Gasteiger partial charge in [0, 0.05) is 31.4 Å². The Hall–Kier alpha value is -0.670. The Labute approximate surface area is 108 Å². The van der Waals surface area contributed by atoms with E-state index >= 15 is 0 Å². The molecule has 2 heterocycles. The number of anilines is 1.